The number of rotatable bonds is 4. The molecule has 0 saturated heterocycles. The normalized spacial score (nSPS) is 11.9. The summed E-state index contributed by atoms with van der Waals surface area (Å²) in [7, 11) is 0. The summed E-state index contributed by atoms with van der Waals surface area (Å²) in [6.07, 6.45) is 4.25. The molecule has 0 aliphatic heterocycles. The van der Waals surface area contributed by atoms with E-state index in [0.29, 0.717) is 0 Å². The topological polar surface area (TPSA) is 37.8 Å². The summed E-state index contributed by atoms with van der Waals surface area (Å²) in [5, 5.41) is 3.46. The van der Waals surface area contributed by atoms with Gasteiger partial charge in [-0.05, 0) is 25.1 Å². The highest BCUT2D eigenvalue weighted by Gasteiger charge is 2.13. The first-order valence-corrected chi connectivity index (χ1v) is 6.19. The summed E-state index contributed by atoms with van der Waals surface area (Å²) in [6.45, 7) is 4.88. The van der Waals surface area contributed by atoms with Crippen LogP contribution in [-0.2, 0) is 0 Å². The van der Waals surface area contributed by atoms with Crippen molar-refractivity contribution in [3.05, 3.63) is 36.2 Å². The van der Waals surface area contributed by atoms with Crippen molar-refractivity contribution in [3.8, 4) is 11.8 Å². The highest BCUT2D eigenvalue weighted by Crippen LogP contribution is 2.23. The van der Waals surface area contributed by atoms with E-state index in [-0.39, 0.29) is 6.04 Å². The Hall–Kier alpha value is -1.92. The van der Waals surface area contributed by atoms with E-state index < -0.39 is 0 Å². The van der Waals surface area contributed by atoms with Crippen LogP contribution >= 0.6 is 0 Å². The summed E-state index contributed by atoms with van der Waals surface area (Å²) < 4.78 is 0. The Bertz CT molecular complexity index is 576. The van der Waals surface area contributed by atoms with Crippen LogP contribution in [0.15, 0.2) is 30.6 Å². The third kappa shape index (κ3) is 2.66. The lowest BCUT2D eigenvalue weighted by Gasteiger charge is -2.16. The molecule has 0 radical (unpaired) electrons. The van der Waals surface area contributed by atoms with Gasteiger partial charge in [-0.3, -0.25) is 9.97 Å². The molecule has 0 bridgehead atoms. The fourth-order valence-electron chi connectivity index (χ4n) is 2.04. The van der Waals surface area contributed by atoms with E-state index >= 15 is 0 Å². The summed E-state index contributed by atoms with van der Waals surface area (Å²) in [5.41, 5.74) is 3.07. The van der Waals surface area contributed by atoms with E-state index in [1.54, 1.807) is 12.4 Å². The summed E-state index contributed by atoms with van der Waals surface area (Å²) >= 11 is 0. The van der Waals surface area contributed by atoms with Crippen molar-refractivity contribution in [1.29, 1.82) is 0 Å². The lowest BCUT2D eigenvalue weighted by Crippen LogP contribution is -2.21. The van der Waals surface area contributed by atoms with Gasteiger partial charge in [-0.2, -0.15) is 0 Å². The lowest BCUT2D eigenvalue weighted by molar-refractivity contribution is 0.568. The minimum Gasteiger partial charge on any atom is -0.309 e. The number of nitrogens with one attached hydrogen (secondary N) is 1. The number of para-hydroxylation sites is 1. The summed E-state index contributed by atoms with van der Waals surface area (Å²) in [4.78, 5) is 8.78. The molecular weight excluding hydrogens is 222 g/mol. The van der Waals surface area contributed by atoms with Crippen LogP contribution in [0.5, 0.6) is 0 Å². The lowest BCUT2D eigenvalue weighted by atomic mass is 10.0. The Labute approximate surface area is 108 Å². The molecule has 18 heavy (non-hydrogen) atoms. The molecule has 1 N–H and O–H groups in total. The molecule has 0 amide bonds. The number of fused-ring (bicyclic) bond motifs is 1. The van der Waals surface area contributed by atoms with Crippen molar-refractivity contribution in [1.82, 2.24) is 15.3 Å². The number of hydrogen-bond acceptors (Lipinski definition) is 3. The van der Waals surface area contributed by atoms with E-state index in [9.17, 15) is 0 Å². The van der Waals surface area contributed by atoms with Gasteiger partial charge in [-0.15, -0.1) is 11.8 Å². The van der Waals surface area contributed by atoms with E-state index in [1.807, 2.05) is 19.1 Å². The number of aromatic nitrogens is 2. The molecule has 2 aromatic rings. The quantitative estimate of drug-likeness (QED) is 0.834. The van der Waals surface area contributed by atoms with Crippen molar-refractivity contribution in [2.75, 3.05) is 6.54 Å². The maximum atomic E-state index is 4.44. The van der Waals surface area contributed by atoms with Gasteiger partial charge in [-0.1, -0.05) is 19.1 Å². The van der Waals surface area contributed by atoms with Crippen LogP contribution < -0.4 is 5.32 Å². The molecule has 0 aliphatic rings. The fraction of sp³-hybridized carbons (Fsp3) is 0.333. The minimum absolute atomic E-state index is 0.211. The first-order chi connectivity index (χ1) is 8.86. The molecule has 92 valence electrons. The van der Waals surface area contributed by atoms with E-state index in [1.165, 1.54) is 5.56 Å². The van der Waals surface area contributed by atoms with Crippen molar-refractivity contribution < 1.29 is 0 Å². The molecule has 1 aromatic carbocycles. The fourth-order valence-corrected chi connectivity index (χ4v) is 2.04. The van der Waals surface area contributed by atoms with Crippen LogP contribution in [0.25, 0.3) is 11.0 Å². The predicted molar refractivity (Wildman–Crippen MR) is 74.0 cm³/mol. The van der Waals surface area contributed by atoms with Crippen molar-refractivity contribution in [2.45, 2.75) is 26.3 Å². The third-order valence-electron chi connectivity index (χ3n) is 2.84. The Morgan fingerprint density at radius 3 is 2.89 bits per heavy atom. The maximum absolute atomic E-state index is 4.44. The van der Waals surface area contributed by atoms with Gasteiger partial charge < -0.3 is 5.32 Å². The van der Waals surface area contributed by atoms with Crippen LogP contribution in [-0.4, -0.2) is 16.5 Å². The Morgan fingerprint density at radius 2 is 2.11 bits per heavy atom. The molecule has 3 nitrogen and oxygen atoms in total. The molecule has 1 atom stereocenters. The second-order valence-electron chi connectivity index (χ2n) is 4.01. The van der Waals surface area contributed by atoms with Crippen molar-refractivity contribution in [2.24, 2.45) is 0 Å². The molecule has 1 aromatic heterocycles. The number of benzene rings is 1. The summed E-state index contributed by atoms with van der Waals surface area (Å²) in [5.74, 6) is 6.08. The summed E-state index contributed by atoms with van der Waals surface area (Å²) in [6, 6.07) is 6.32. The van der Waals surface area contributed by atoms with Crippen LogP contribution in [0, 0.1) is 11.8 Å². The van der Waals surface area contributed by atoms with Gasteiger partial charge in [0.15, 0.2) is 0 Å². The van der Waals surface area contributed by atoms with Crippen molar-refractivity contribution in [3.63, 3.8) is 0 Å². The van der Waals surface area contributed by atoms with Crippen molar-refractivity contribution >= 4 is 11.0 Å². The third-order valence-corrected chi connectivity index (χ3v) is 2.84. The SMILES string of the molecule is CC#CCC(NCC)c1cccc2nccnc12. The zero-order valence-corrected chi connectivity index (χ0v) is 10.8. The average Bonchev–Trinajstić information content (AvgIpc) is 2.43. The molecule has 1 heterocycles. The highest BCUT2D eigenvalue weighted by atomic mass is 14.9. The zero-order chi connectivity index (χ0) is 12.8. The maximum Gasteiger partial charge on any atom is 0.0934 e. The molecule has 0 fully saturated rings. The first kappa shape index (κ1) is 12.5. The average molecular weight is 239 g/mol. The highest BCUT2D eigenvalue weighted by molar-refractivity contribution is 5.78. The van der Waals surface area contributed by atoms with Gasteiger partial charge in [0.2, 0.25) is 0 Å². The van der Waals surface area contributed by atoms with E-state index in [4.69, 9.17) is 0 Å². The predicted octanol–water partition coefficient (Wildman–Crippen LogP) is 2.69. The Balaban J connectivity index is 2.44. The second-order valence-corrected chi connectivity index (χ2v) is 4.01. The Kier molecular flexibility index (Phi) is 4.27. The van der Waals surface area contributed by atoms with Crippen LogP contribution in [0.2, 0.25) is 0 Å². The number of nitrogens with zero attached hydrogens (tertiary/aromatic N) is 2. The zero-order valence-electron chi connectivity index (χ0n) is 10.8. The molecule has 1 unspecified atom stereocenters. The van der Waals surface area contributed by atoms with Gasteiger partial charge in [0.1, 0.15) is 0 Å². The van der Waals surface area contributed by atoms with Gasteiger partial charge >= 0.3 is 0 Å². The largest absolute Gasteiger partial charge is 0.309 e. The first-order valence-electron chi connectivity index (χ1n) is 6.19. The smallest absolute Gasteiger partial charge is 0.0934 e. The van der Waals surface area contributed by atoms with Gasteiger partial charge in [0, 0.05) is 24.9 Å². The molecule has 0 aliphatic carbocycles. The van der Waals surface area contributed by atoms with E-state index in [0.717, 1.165) is 24.0 Å². The minimum atomic E-state index is 0.211. The number of hydrogen-bond donors (Lipinski definition) is 1. The molecule has 2 rings (SSSR count). The van der Waals surface area contributed by atoms with Crippen LogP contribution in [0.3, 0.4) is 0 Å². The molecule has 0 saturated carbocycles. The molecule has 3 heteroatoms. The second kappa shape index (κ2) is 6.13. The monoisotopic (exact) mass is 239 g/mol. The Morgan fingerprint density at radius 1 is 1.28 bits per heavy atom. The van der Waals surface area contributed by atoms with Crippen LogP contribution in [0.4, 0.5) is 0 Å². The van der Waals surface area contributed by atoms with Crippen LogP contribution in [0.1, 0.15) is 31.9 Å². The van der Waals surface area contributed by atoms with Gasteiger partial charge in [0.05, 0.1) is 11.0 Å². The van der Waals surface area contributed by atoms with Gasteiger partial charge in [-0.25, -0.2) is 0 Å². The van der Waals surface area contributed by atoms with E-state index in [2.05, 4.69) is 40.1 Å². The van der Waals surface area contributed by atoms with Gasteiger partial charge in [0.25, 0.3) is 0 Å². The molecular formula is C15H17N3. The standard InChI is InChI=1S/C15H17N3/c1-3-5-8-13(16-4-2)12-7-6-9-14-15(12)18-11-10-17-14/h6-7,9-11,13,16H,4,8H2,1-2H3. The molecule has 0 spiro atoms.